The second-order valence-electron chi connectivity index (χ2n) is 3.33. The van der Waals surface area contributed by atoms with Gasteiger partial charge in [-0.05, 0) is 25.1 Å². The normalized spacial score (nSPS) is 20.2. The van der Waals surface area contributed by atoms with Gasteiger partial charge in [-0.3, -0.25) is 4.79 Å². The molecule has 0 spiro atoms. The molecular formula is C10H7Cl2NO3. The van der Waals surface area contributed by atoms with E-state index >= 15 is 0 Å². The van der Waals surface area contributed by atoms with Crippen molar-refractivity contribution in [3.05, 3.63) is 28.2 Å². The fraction of sp³-hybridized carbons (Fsp3) is 0.200. The summed E-state index contributed by atoms with van der Waals surface area (Å²) in [6.07, 6.45) is -1.49. The summed E-state index contributed by atoms with van der Waals surface area (Å²) in [4.78, 5) is 24.0. The van der Waals surface area contributed by atoms with Gasteiger partial charge < -0.3 is 4.74 Å². The Hall–Kier alpha value is -1.26. The molecule has 1 aromatic carbocycles. The highest BCUT2D eigenvalue weighted by Crippen LogP contribution is 2.28. The number of amides is 2. The number of anilines is 1. The minimum absolute atomic E-state index is 0.317. The molecule has 0 radical (unpaired) electrons. The summed E-state index contributed by atoms with van der Waals surface area (Å²) in [6, 6.07) is 4.47. The molecule has 1 aromatic rings. The van der Waals surface area contributed by atoms with Crippen molar-refractivity contribution in [1.29, 1.82) is 0 Å². The fourth-order valence-electron chi connectivity index (χ4n) is 1.43. The van der Waals surface area contributed by atoms with Gasteiger partial charge in [0.05, 0.1) is 5.69 Å². The van der Waals surface area contributed by atoms with Crippen LogP contribution in [0.1, 0.15) is 6.92 Å². The standard InChI is InChI=1S/C10H7Cl2NO3/c1-5-9(14)13(10(15)16-5)8-3-6(11)2-7(12)4-8/h2-5H,1H3/t5-/m0/s1. The van der Waals surface area contributed by atoms with Gasteiger partial charge in [-0.1, -0.05) is 23.2 Å². The SMILES string of the molecule is C[C@@H]1OC(=O)N(c2cc(Cl)cc(Cl)c2)C1=O. The van der Waals surface area contributed by atoms with Gasteiger partial charge in [0.2, 0.25) is 0 Å². The van der Waals surface area contributed by atoms with E-state index in [1.807, 2.05) is 0 Å². The third-order valence-electron chi connectivity index (χ3n) is 2.13. The Bertz CT molecular complexity index is 455. The number of rotatable bonds is 1. The first-order chi connectivity index (χ1) is 7.49. The summed E-state index contributed by atoms with van der Waals surface area (Å²) < 4.78 is 4.77. The highest BCUT2D eigenvalue weighted by Gasteiger charge is 2.38. The number of halogens is 2. The second-order valence-corrected chi connectivity index (χ2v) is 4.20. The third-order valence-corrected chi connectivity index (χ3v) is 2.57. The van der Waals surface area contributed by atoms with Crippen molar-refractivity contribution in [2.45, 2.75) is 13.0 Å². The lowest BCUT2D eigenvalue weighted by Gasteiger charge is -2.11. The summed E-state index contributed by atoms with van der Waals surface area (Å²) in [5, 5.41) is 0.699. The maximum Gasteiger partial charge on any atom is 0.422 e. The summed E-state index contributed by atoms with van der Waals surface area (Å²) in [6.45, 7) is 1.51. The molecule has 1 heterocycles. The van der Waals surface area contributed by atoms with Crippen molar-refractivity contribution in [3.8, 4) is 0 Å². The molecule has 84 valence electrons. The van der Waals surface area contributed by atoms with E-state index in [0.717, 1.165) is 4.90 Å². The zero-order valence-corrected chi connectivity index (χ0v) is 9.75. The molecular weight excluding hydrogens is 253 g/mol. The number of imide groups is 1. The van der Waals surface area contributed by atoms with Gasteiger partial charge in [-0.2, -0.15) is 0 Å². The molecule has 2 amide bonds. The maximum atomic E-state index is 11.6. The van der Waals surface area contributed by atoms with Crippen molar-refractivity contribution >= 4 is 40.9 Å². The van der Waals surface area contributed by atoms with Gasteiger partial charge in [0.15, 0.2) is 6.10 Å². The number of benzene rings is 1. The molecule has 1 aliphatic rings. The topological polar surface area (TPSA) is 46.6 Å². The zero-order chi connectivity index (χ0) is 11.9. The summed E-state index contributed by atoms with van der Waals surface area (Å²) >= 11 is 11.6. The average Bonchev–Trinajstić information content (AvgIpc) is 2.39. The van der Waals surface area contributed by atoms with Crippen LogP contribution in [0, 0.1) is 0 Å². The molecule has 1 atom stereocenters. The molecule has 0 N–H and O–H groups in total. The molecule has 2 rings (SSSR count). The molecule has 4 nitrogen and oxygen atoms in total. The molecule has 1 aliphatic heterocycles. The first kappa shape index (κ1) is 11.2. The van der Waals surface area contributed by atoms with Crippen molar-refractivity contribution in [2.75, 3.05) is 4.90 Å². The van der Waals surface area contributed by atoms with Crippen molar-refractivity contribution in [1.82, 2.24) is 0 Å². The number of cyclic esters (lactones) is 1. The highest BCUT2D eigenvalue weighted by molar-refractivity contribution is 6.35. The van der Waals surface area contributed by atoms with Crippen LogP contribution >= 0.6 is 23.2 Å². The average molecular weight is 260 g/mol. The van der Waals surface area contributed by atoms with Gasteiger partial charge in [0.1, 0.15) is 0 Å². The number of ether oxygens (including phenoxy) is 1. The fourth-order valence-corrected chi connectivity index (χ4v) is 1.94. The van der Waals surface area contributed by atoms with Crippen LogP contribution in [0.15, 0.2) is 18.2 Å². The van der Waals surface area contributed by atoms with Gasteiger partial charge in [0, 0.05) is 10.0 Å². The monoisotopic (exact) mass is 259 g/mol. The predicted molar refractivity (Wildman–Crippen MR) is 59.9 cm³/mol. The van der Waals surface area contributed by atoms with Crippen molar-refractivity contribution in [3.63, 3.8) is 0 Å². The van der Waals surface area contributed by atoms with Crippen LogP contribution < -0.4 is 4.90 Å². The van der Waals surface area contributed by atoms with Crippen LogP contribution in [0.25, 0.3) is 0 Å². The van der Waals surface area contributed by atoms with Gasteiger partial charge in [-0.25, -0.2) is 9.69 Å². The van der Waals surface area contributed by atoms with E-state index in [1.165, 1.54) is 25.1 Å². The lowest BCUT2D eigenvalue weighted by Crippen LogP contribution is -2.30. The van der Waals surface area contributed by atoms with E-state index in [1.54, 1.807) is 0 Å². The van der Waals surface area contributed by atoms with Crippen LogP contribution in [0.3, 0.4) is 0 Å². The Morgan fingerprint density at radius 2 is 1.75 bits per heavy atom. The molecule has 1 fully saturated rings. The minimum Gasteiger partial charge on any atom is -0.436 e. The molecule has 0 aliphatic carbocycles. The molecule has 0 aromatic heterocycles. The summed E-state index contributed by atoms with van der Waals surface area (Å²) in [5.41, 5.74) is 0.317. The number of hydrogen-bond donors (Lipinski definition) is 0. The van der Waals surface area contributed by atoms with E-state index in [0.29, 0.717) is 15.7 Å². The third kappa shape index (κ3) is 1.86. The Morgan fingerprint density at radius 1 is 1.19 bits per heavy atom. The van der Waals surface area contributed by atoms with E-state index in [4.69, 9.17) is 27.9 Å². The van der Waals surface area contributed by atoms with Gasteiger partial charge in [-0.15, -0.1) is 0 Å². The Morgan fingerprint density at radius 3 is 2.19 bits per heavy atom. The van der Waals surface area contributed by atoms with Crippen LogP contribution in [0.2, 0.25) is 10.0 Å². The Kier molecular flexibility index (Phi) is 2.78. The summed E-state index contributed by atoms with van der Waals surface area (Å²) in [5.74, 6) is -0.427. The van der Waals surface area contributed by atoms with Crippen LogP contribution in [0.4, 0.5) is 10.5 Å². The Labute approximate surface area is 102 Å². The smallest absolute Gasteiger partial charge is 0.422 e. The van der Waals surface area contributed by atoms with Crippen molar-refractivity contribution in [2.24, 2.45) is 0 Å². The lowest BCUT2D eigenvalue weighted by molar-refractivity contribution is -0.121. The van der Waals surface area contributed by atoms with Crippen LogP contribution in [0.5, 0.6) is 0 Å². The molecule has 16 heavy (non-hydrogen) atoms. The number of carbonyl (C=O) groups excluding carboxylic acids is 2. The number of nitrogens with zero attached hydrogens (tertiary/aromatic N) is 1. The van der Waals surface area contributed by atoms with E-state index in [9.17, 15) is 9.59 Å². The molecule has 0 saturated carbocycles. The van der Waals surface area contributed by atoms with E-state index in [-0.39, 0.29) is 0 Å². The lowest BCUT2D eigenvalue weighted by atomic mass is 10.2. The molecule has 0 bridgehead atoms. The van der Waals surface area contributed by atoms with E-state index < -0.39 is 18.1 Å². The highest BCUT2D eigenvalue weighted by atomic mass is 35.5. The Balaban J connectivity index is 2.44. The van der Waals surface area contributed by atoms with Crippen LogP contribution in [-0.2, 0) is 9.53 Å². The first-order valence-electron chi connectivity index (χ1n) is 4.49. The van der Waals surface area contributed by atoms with Gasteiger partial charge in [0.25, 0.3) is 5.91 Å². The molecule has 6 heteroatoms. The molecule has 1 saturated heterocycles. The molecule has 0 unspecified atom stereocenters. The quantitative estimate of drug-likeness (QED) is 0.779. The predicted octanol–water partition coefficient (Wildman–Crippen LogP) is 2.87. The van der Waals surface area contributed by atoms with Gasteiger partial charge >= 0.3 is 6.09 Å². The maximum absolute atomic E-state index is 11.6. The largest absolute Gasteiger partial charge is 0.436 e. The number of carbonyl (C=O) groups is 2. The zero-order valence-electron chi connectivity index (χ0n) is 8.24. The number of hydrogen-bond acceptors (Lipinski definition) is 3. The van der Waals surface area contributed by atoms with Crippen LogP contribution in [-0.4, -0.2) is 18.1 Å². The van der Waals surface area contributed by atoms with Crippen molar-refractivity contribution < 1.29 is 14.3 Å². The minimum atomic E-state index is -0.773. The first-order valence-corrected chi connectivity index (χ1v) is 5.25. The van der Waals surface area contributed by atoms with E-state index in [2.05, 4.69) is 0 Å². The second kappa shape index (κ2) is 3.96. The summed E-state index contributed by atoms with van der Waals surface area (Å²) in [7, 11) is 0.